The number of hydrogen-bond acceptors (Lipinski definition) is 7. The number of fused-ring (bicyclic) bond motifs is 1. The monoisotopic (exact) mass is 356 g/mol. The summed E-state index contributed by atoms with van der Waals surface area (Å²) in [6.07, 6.45) is 5.56. The molecule has 0 radical (unpaired) electrons. The van der Waals surface area contributed by atoms with Crippen LogP contribution in [0.25, 0.3) is 16.5 Å². The molecule has 0 spiro atoms. The number of furan rings is 2. The SMILES string of the molecule is Oc1c([C@H](c2ccco2)N2CCCC2)sc2nc(-c3ccco3)nn12. The average Bonchev–Trinajstić information content (AvgIpc) is 3.42. The molecule has 4 aromatic rings. The largest absolute Gasteiger partial charge is 0.492 e. The van der Waals surface area contributed by atoms with Crippen LogP contribution in [0.1, 0.15) is 29.5 Å². The number of nitrogens with zero attached hydrogens (tertiary/aromatic N) is 4. The third-order valence-corrected chi connectivity index (χ3v) is 5.58. The fourth-order valence-corrected chi connectivity index (χ4v) is 4.46. The van der Waals surface area contributed by atoms with E-state index in [2.05, 4.69) is 15.0 Å². The Morgan fingerprint density at radius 3 is 2.60 bits per heavy atom. The minimum atomic E-state index is -0.113. The Balaban J connectivity index is 1.60. The summed E-state index contributed by atoms with van der Waals surface area (Å²) in [6, 6.07) is 7.30. The van der Waals surface area contributed by atoms with Crippen molar-refractivity contribution in [3.05, 3.63) is 47.4 Å². The quantitative estimate of drug-likeness (QED) is 0.602. The first-order valence-electron chi connectivity index (χ1n) is 8.21. The Hall–Kier alpha value is -2.58. The van der Waals surface area contributed by atoms with Crippen LogP contribution in [-0.4, -0.2) is 37.7 Å². The molecule has 7 nitrogen and oxygen atoms in total. The number of likely N-dealkylation sites (tertiary alicyclic amines) is 1. The highest BCUT2D eigenvalue weighted by molar-refractivity contribution is 7.17. The summed E-state index contributed by atoms with van der Waals surface area (Å²) in [5.41, 5.74) is 0. The van der Waals surface area contributed by atoms with Crippen molar-refractivity contribution in [1.29, 1.82) is 0 Å². The lowest BCUT2D eigenvalue weighted by molar-refractivity contribution is 0.246. The normalized spacial score (nSPS) is 16.8. The standard InChI is InChI=1S/C17H16N4O3S/c22-16-14(13(11-5-3-9-23-11)20-7-1-2-8-20)25-17-18-15(19-21(16)17)12-6-4-10-24-12/h3-6,9-10,13,22H,1-2,7-8H2/t13-/m0/s1. The van der Waals surface area contributed by atoms with Gasteiger partial charge in [-0.1, -0.05) is 11.3 Å². The summed E-state index contributed by atoms with van der Waals surface area (Å²) in [5, 5.41) is 15.2. The van der Waals surface area contributed by atoms with E-state index in [1.54, 1.807) is 24.7 Å². The Morgan fingerprint density at radius 2 is 1.92 bits per heavy atom. The molecule has 8 heteroatoms. The van der Waals surface area contributed by atoms with Crippen molar-refractivity contribution in [3.8, 4) is 17.5 Å². The van der Waals surface area contributed by atoms with E-state index in [0.717, 1.165) is 36.6 Å². The van der Waals surface area contributed by atoms with Gasteiger partial charge in [0.2, 0.25) is 16.7 Å². The van der Waals surface area contributed by atoms with Crippen LogP contribution in [0.15, 0.2) is 45.6 Å². The van der Waals surface area contributed by atoms with E-state index in [1.807, 2.05) is 12.1 Å². The summed E-state index contributed by atoms with van der Waals surface area (Å²) < 4.78 is 12.5. The Bertz CT molecular complexity index is 981. The van der Waals surface area contributed by atoms with E-state index in [-0.39, 0.29) is 11.9 Å². The molecule has 1 fully saturated rings. The van der Waals surface area contributed by atoms with Crippen molar-refractivity contribution in [2.45, 2.75) is 18.9 Å². The lowest BCUT2D eigenvalue weighted by Crippen LogP contribution is -2.25. The minimum absolute atomic E-state index is 0.110. The van der Waals surface area contributed by atoms with Crippen molar-refractivity contribution < 1.29 is 13.9 Å². The van der Waals surface area contributed by atoms with Crippen LogP contribution in [-0.2, 0) is 0 Å². The van der Waals surface area contributed by atoms with E-state index < -0.39 is 0 Å². The molecule has 1 atom stereocenters. The predicted molar refractivity (Wildman–Crippen MR) is 91.6 cm³/mol. The number of aromatic nitrogens is 3. The number of hydrogen-bond donors (Lipinski definition) is 1. The van der Waals surface area contributed by atoms with Gasteiger partial charge in [-0.25, -0.2) is 0 Å². The third kappa shape index (κ3) is 2.37. The first kappa shape index (κ1) is 14.7. The second-order valence-corrected chi connectivity index (χ2v) is 7.07. The predicted octanol–water partition coefficient (Wildman–Crippen LogP) is 3.53. The molecular weight excluding hydrogens is 340 g/mol. The van der Waals surface area contributed by atoms with Gasteiger partial charge in [0, 0.05) is 0 Å². The third-order valence-electron chi connectivity index (χ3n) is 4.51. The molecule has 0 saturated carbocycles. The van der Waals surface area contributed by atoms with Crippen LogP contribution in [0.3, 0.4) is 0 Å². The molecule has 1 aliphatic rings. The highest BCUT2D eigenvalue weighted by Crippen LogP contribution is 2.41. The zero-order valence-corrected chi connectivity index (χ0v) is 14.1. The van der Waals surface area contributed by atoms with Gasteiger partial charge in [-0.05, 0) is 50.2 Å². The molecule has 1 N–H and O–H groups in total. The zero-order chi connectivity index (χ0) is 16.8. The maximum atomic E-state index is 10.8. The second kappa shape index (κ2) is 5.75. The average molecular weight is 356 g/mol. The highest BCUT2D eigenvalue weighted by Gasteiger charge is 2.33. The lowest BCUT2D eigenvalue weighted by atomic mass is 10.1. The molecule has 0 aliphatic carbocycles. The summed E-state index contributed by atoms with van der Waals surface area (Å²) >= 11 is 1.43. The summed E-state index contributed by atoms with van der Waals surface area (Å²) in [7, 11) is 0. The van der Waals surface area contributed by atoms with Crippen LogP contribution in [0.4, 0.5) is 0 Å². The Kier molecular flexibility index (Phi) is 3.39. The molecule has 1 aliphatic heterocycles. The van der Waals surface area contributed by atoms with Gasteiger partial charge in [-0.3, -0.25) is 4.90 Å². The summed E-state index contributed by atoms with van der Waals surface area (Å²) in [5.74, 6) is 1.99. The molecule has 5 rings (SSSR count). The van der Waals surface area contributed by atoms with Crippen LogP contribution in [0.2, 0.25) is 0 Å². The molecule has 0 unspecified atom stereocenters. The topological polar surface area (TPSA) is 79.9 Å². The van der Waals surface area contributed by atoms with Crippen molar-refractivity contribution in [1.82, 2.24) is 19.5 Å². The van der Waals surface area contributed by atoms with Gasteiger partial charge in [0.1, 0.15) is 11.8 Å². The molecule has 5 heterocycles. The molecule has 25 heavy (non-hydrogen) atoms. The molecular formula is C17H16N4O3S. The smallest absolute Gasteiger partial charge is 0.230 e. The van der Waals surface area contributed by atoms with Crippen molar-refractivity contribution >= 4 is 16.3 Å². The number of aromatic hydroxyl groups is 1. The molecule has 4 aromatic heterocycles. The zero-order valence-electron chi connectivity index (χ0n) is 13.3. The van der Waals surface area contributed by atoms with Gasteiger partial charge in [-0.2, -0.15) is 9.50 Å². The summed E-state index contributed by atoms with van der Waals surface area (Å²) in [4.78, 5) is 8.26. The lowest BCUT2D eigenvalue weighted by Gasteiger charge is -2.24. The van der Waals surface area contributed by atoms with Gasteiger partial charge in [-0.15, -0.1) is 5.10 Å². The van der Waals surface area contributed by atoms with Crippen molar-refractivity contribution in [2.75, 3.05) is 13.1 Å². The van der Waals surface area contributed by atoms with Crippen molar-refractivity contribution in [3.63, 3.8) is 0 Å². The van der Waals surface area contributed by atoms with E-state index in [9.17, 15) is 5.11 Å². The van der Waals surface area contributed by atoms with Gasteiger partial charge in [0.25, 0.3) is 0 Å². The number of rotatable bonds is 4. The Morgan fingerprint density at radius 1 is 1.12 bits per heavy atom. The fraction of sp³-hybridized carbons (Fsp3) is 0.294. The minimum Gasteiger partial charge on any atom is -0.492 e. The fourth-order valence-electron chi connectivity index (χ4n) is 3.36. The van der Waals surface area contributed by atoms with E-state index in [1.165, 1.54) is 15.9 Å². The maximum Gasteiger partial charge on any atom is 0.230 e. The van der Waals surface area contributed by atoms with Crippen molar-refractivity contribution in [2.24, 2.45) is 0 Å². The highest BCUT2D eigenvalue weighted by atomic mass is 32.1. The molecule has 0 amide bonds. The first-order valence-corrected chi connectivity index (χ1v) is 9.02. The van der Waals surface area contributed by atoms with E-state index >= 15 is 0 Å². The number of thiazole rings is 1. The van der Waals surface area contributed by atoms with Crippen LogP contribution in [0, 0.1) is 0 Å². The Labute approximate surface area is 147 Å². The molecule has 0 bridgehead atoms. The van der Waals surface area contributed by atoms with Gasteiger partial charge >= 0.3 is 0 Å². The summed E-state index contributed by atoms with van der Waals surface area (Å²) in [6.45, 7) is 1.96. The van der Waals surface area contributed by atoms with Crippen LogP contribution in [0.5, 0.6) is 5.88 Å². The van der Waals surface area contributed by atoms with Crippen LogP contribution < -0.4 is 0 Å². The molecule has 0 aromatic carbocycles. The second-order valence-electron chi connectivity index (χ2n) is 6.06. The van der Waals surface area contributed by atoms with Gasteiger partial charge in [0.05, 0.1) is 17.4 Å². The van der Waals surface area contributed by atoms with Gasteiger partial charge < -0.3 is 13.9 Å². The molecule has 128 valence electrons. The first-order chi connectivity index (χ1) is 12.3. The van der Waals surface area contributed by atoms with Crippen LogP contribution >= 0.6 is 11.3 Å². The van der Waals surface area contributed by atoms with E-state index in [4.69, 9.17) is 8.83 Å². The maximum absolute atomic E-state index is 10.8. The van der Waals surface area contributed by atoms with Gasteiger partial charge in [0.15, 0.2) is 5.76 Å². The molecule has 1 saturated heterocycles. The van der Waals surface area contributed by atoms with E-state index in [0.29, 0.717) is 16.5 Å².